The number of anilines is 1. The number of ether oxygens (including phenoxy) is 1. The van der Waals surface area contributed by atoms with Gasteiger partial charge < -0.3 is 15.6 Å². The van der Waals surface area contributed by atoms with Crippen LogP contribution in [-0.4, -0.2) is 26.1 Å². The third-order valence-electron chi connectivity index (χ3n) is 6.34. The SMILES string of the molecule is CCCCCc1nc(-c2ccc(C(C)(O)c3cccc(C)c3)cc2OCC)c2c(N)nccn12. The number of unbranched alkanes of at least 4 members (excludes halogenated alkanes) is 2. The van der Waals surface area contributed by atoms with Crippen molar-refractivity contribution in [2.24, 2.45) is 0 Å². The Hall–Kier alpha value is -3.38. The Bertz CT molecular complexity index is 1290. The van der Waals surface area contributed by atoms with Crippen LogP contribution in [0.1, 0.15) is 62.5 Å². The molecule has 6 heteroatoms. The predicted molar refractivity (Wildman–Crippen MR) is 137 cm³/mol. The highest BCUT2D eigenvalue weighted by molar-refractivity contribution is 5.88. The Morgan fingerprint density at radius 3 is 2.62 bits per heavy atom. The molecule has 2 aromatic heterocycles. The number of fused-ring (bicyclic) bond motifs is 1. The molecular formula is C28H34N4O2. The van der Waals surface area contributed by atoms with E-state index >= 15 is 0 Å². The molecule has 1 atom stereocenters. The lowest BCUT2D eigenvalue weighted by Gasteiger charge is -2.26. The molecule has 0 saturated heterocycles. The summed E-state index contributed by atoms with van der Waals surface area (Å²) >= 11 is 0. The Kier molecular flexibility index (Phi) is 6.89. The van der Waals surface area contributed by atoms with Crippen LogP contribution in [-0.2, 0) is 12.0 Å². The predicted octanol–water partition coefficient (Wildman–Crippen LogP) is 5.67. The minimum absolute atomic E-state index is 0.435. The highest BCUT2D eigenvalue weighted by atomic mass is 16.5. The summed E-state index contributed by atoms with van der Waals surface area (Å²) in [6.07, 6.45) is 7.86. The first-order valence-corrected chi connectivity index (χ1v) is 12.1. The van der Waals surface area contributed by atoms with Gasteiger partial charge in [0, 0.05) is 24.4 Å². The number of nitrogen functional groups attached to an aromatic ring is 1. The number of aromatic nitrogens is 3. The maximum Gasteiger partial charge on any atom is 0.150 e. The van der Waals surface area contributed by atoms with E-state index in [1.807, 2.05) is 73.8 Å². The molecular weight excluding hydrogens is 424 g/mol. The third-order valence-corrected chi connectivity index (χ3v) is 6.34. The first-order chi connectivity index (χ1) is 16.4. The lowest BCUT2D eigenvalue weighted by Crippen LogP contribution is -2.23. The van der Waals surface area contributed by atoms with E-state index in [4.69, 9.17) is 15.5 Å². The second-order valence-corrected chi connectivity index (χ2v) is 8.95. The quantitative estimate of drug-likeness (QED) is 0.315. The van der Waals surface area contributed by atoms with E-state index in [-0.39, 0.29) is 0 Å². The van der Waals surface area contributed by atoms with Gasteiger partial charge in [0.2, 0.25) is 0 Å². The standard InChI is InChI=1S/C28H34N4O2/c1-5-7-8-12-24-31-25(26-27(29)30-15-16-32(24)26)22-14-13-21(18-23(22)34-6-2)28(4,33)20-11-9-10-19(3)17-20/h9-11,13-18,33H,5-8,12H2,1-4H3,(H2,29,30). The van der Waals surface area contributed by atoms with Gasteiger partial charge >= 0.3 is 0 Å². The van der Waals surface area contributed by atoms with E-state index in [9.17, 15) is 5.11 Å². The molecule has 0 fully saturated rings. The van der Waals surface area contributed by atoms with Crippen molar-refractivity contribution in [1.82, 2.24) is 14.4 Å². The van der Waals surface area contributed by atoms with Gasteiger partial charge in [0.1, 0.15) is 34.2 Å². The molecule has 34 heavy (non-hydrogen) atoms. The molecule has 0 spiro atoms. The largest absolute Gasteiger partial charge is 0.493 e. The van der Waals surface area contributed by atoms with Crippen molar-refractivity contribution in [3.63, 3.8) is 0 Å². The molecule has 4 rings (SSSR count). The number of nitrogens with zero attached hydrogens (tertiary/aromatic N) is 3. The first-order valence-electron chi connectivity index (χ1n) is 12.1. The molecule has 0 amide bonds. The molecule has 178 valence electrons. The molecule has 2 heterocycles. The number of rotatable bonds is 9. The average Bonchev–Trinajstić information content (AvgIpc) is 3.19. The van der Waals surface area contributed by atoms with Gasteiger partial charge in [-0.25, -0.2) is 9.97 Å². The summed E-state index contributed by atoms with van der Waals surface area (Å²) < 4.78 is 8.10. The molecule has 0 saturated carbocycles. The smallest absolute Gasteiger partial charge is 0.150 e. The fourth-order valence-corrected chi connectivity index (χ4v) is 4.43. The zero-order chi connectivity index (χ0) is 24.3. The van der Waals surface area contributed by atoms with E-state index in [1.54, 1.807) is 6.20 Å². The van der Waals surface area contributed by atoms with Crippen molar-refractivity contribution < 1.29 is 9.84 Å². The second-order valence-electron chi connectivity index (χ2n) is 8.95. The molecule has 0 aliphatic carbocycles. The monoisotopic (exact) mass is 458 g/mol. The van der Waals surface area contributed by atoms with Crippen molar-refractivity contribution in [3.8, 4) is 17.0 Å². The van der Waals surface area contributed by atoms with Crippen LogP contribution in [0.15, 0.2) is 54.9 Å². The second kappa shape index (κ2) is 9.85. The van der Waals surface area contributed by atoms with E-state index in [0.717, 1.165) is 65.0 Å². The van der Waals surface area contributed by atoms with Crippen LogP contribution in [0, 0.1) is 6.92 Å². The van der Waals surface area contributed by atoms with Crippen LogP contribution in [0.25, 0.3) is 16.8 Å². The molecule has 6 nitrogen and oxygen atoms in total. The Labute approximate surface area is 201 Å². The fraction of sp³-hybridized carbons (Fsp3) is 0.357. The highest BCUT2D eigenvalue weighted by Crippen LogP contribution is 2.39. The number of nitrogens with two attached hydrogens (primary N) is 1. The minimum Gasteiger partial charge on any atom is -0.493 e. The lowest BCUT2D eigenvalue weighted by atomic mass is 9.86. The van der Waals surface area contributed by atoms with Crippen molar-refractivity contribution in [1.29, 1.82) is 0 Å². The van der Waals surface area contributed by atoms with Gasteiger partial charge in [0.25, 0.3) is 0 Å². The van der Waals surface area contributed by atoms with Gasteiger partial charge in [0.05, 0.1) is 6.61 Å². The molecule has 1 unspecified atom stereocenters. The van der Waals surface area contributed by atoms with Crippen molar-refractivity contribution in [2.75, 3.05) is 12.3 Å². The molecule has 4 aromatic rings. The van der Waals surface area contributed by atoms with Gasteiger partial charge in [-0.2, -0.15) is 0 Å². The number of imidazole rings is 1. The highest BCUT2D eigenvalue weighted by Gasteiger charge is 2.28. The van der Waals surface area contributed by atoms with Crippen LogP contribution in [0.3, 0.4) is 0 Å². The fourth-order valence-electron chi connectivity index (χ4n) is 4.43. The molecule has 2 aromatic carbocycles. The Morgan fingerprint density at radius 1 is 1.09 bits per heavy atom. The Morgan fingerprint density at radius 2 is 1.88 bits per heavy atom. The van der Waals surface area contributed by atoms with Crippen molar-refractivity contribution in [2.45, 2.75) is 59.0 Å². The van der Waals surface area contributed by atoms with E-state index in [0.29, 0.717) is 18.2 Å². The van der Waals surface area contributed by atoms with Crippen molar-refractivity contribution >= 4 is 11.3 Å². The van der Waals surface area contributed by atoms with Gasteiger partial charge in [0.15, 0.2) is 0 Å². The summed E-state index contributed by atoms with van der Waals surface area (Å²) in [5.41, 5.74) is 10.2. The zero-order valence-electron chi connectivity index (χ0n) is 20.5. The molecule has 0 aliphatic heterocycles. The van der Waals surface area contributed by atoms with Crippen LogP contribution < -0.4 is 10.5 Å². The van der Waals surface area contributed by atoms with Crippen LogP contribution in [0.2, 0.25) is 0 Å². The number of benzene rings is 2. The van der Waals surface area contributed by atoms with Gasteiger partial charge in [-0.15, -0.1) is 0 Å². The summed E-state index contributed by atoms with van der Waals surface area (Å²) in [7, 11) is 0. The summed E-state index contributed by atoms with van der Waals surface area (Å²) in [6, 6.07) is 13.8. The summed E-state index contributed by atoms with van der Waals surface area (Å²) in [5.74, 6) is 2.06. The zero-order valence-corrected chi connectivity index (χ0v) is 20.5. The molecule has 0 bridgehead atoms. The van der Waals surface area contributed by atoms with Gasteiger partial charge in [-0.3, -0.25) is 4.40 Å². The van der Waals surface area contributed by atoms with Crippen molar-refractivity contribution in [3.05, 3.63) is 77.4 Å². The van der Waals surface area contributed by atoms with Gasteiger partial charge in [-0.1, -0.05) is 55.7 Å². The topological polar surface area (TPSA) is 85.7 Å². The Balaban J connectivity index is 1.84. The number of hydrogen-bond acceptors (Lipinski definition) is 5. The van der Waals surface area contributed by atoms with Gasteiger partial charge in [-0.05, 0) is 50.5 Å². The maximum atomic E-state index is 11.5. The molecule has 0 radical (unpaired) electrons. The van der Waals surface area contributed by atoms with Crippen LogP contribution >= 0.6 is 0 Å². The third kappa shape index (κ3) is 4.50. The number of aryl methyl sites for hydroxylation is 2. The summed E-state index contributed by atoms with van der Waals surface area (Å²) in [5, 5.41) is 11.5. The average molecular weight is 459 g/mol. The number of hydrogen-bond donors (Lipinski definition) is 2. The number of aliphatic hydroxyl groups is 1. The van der Waals surface area contributed by atoms with E-state index < -0.39 is 5.60 Å². The summed E-state index contributed by atoms with van der Waals surface area (Å²) in [6.45, 7) is 8.47. The van der Waals surface area contributed by atoms with Crippen LogP contribution in [0.4, 0.5) is 5.82 Å². The lowest BCUT2D eigenvalue weighted by molar-refractivity contribution is 0.102. The molecule has 0 aliphatic rings. The van der Waals surface area contributed by atoms with Crippen LogP contribution in [0.5, 0.6) is 5.75 Å². The van der Waals surface area contributed by atoms with E-state index in [1.165, 1.54) is 0 Å². The van der Waals surface area contributed by atoms with E-state index in [2.05, 4.69) is 11.9 Å². The molecule has 3 N–H and O–H groups in total. The summed E-state index contributed by atoms with van der Waals surface area (Å²) in [4.78, 5) is 9.32. The normalized spacial score (nSPS) is 13.2. The maximum absolute atomic E-state index is 11.5. The first kappa shape index (κ1) is 23.8. The minimum atomic E-state index is -1.17.